The van der Waals surface area contributed by atoms with Gasteiger partial charge in [-0.25, -0.2) is 0 Å². The SMILES string of the molecule is [Fe+3].[Fe+3].[Fe+3].[Fe+3].[O-][Si]([O-])([O-])[O-].[O-][Si]([O-])([O-])[O-].[O-][Si]([O-])([O-])[O-]. The van der Waals surface area contributed by atoms with Crippen molar-refractivity contribution in [3.05, 3.63) is 0 Å². The molecular formula is Fe4O12Si3. The first-order valence-corrected chi connectivity index (χ1v) is 7.35. The van der Waals surface area contributed by atoms with Crippen LogP contribution in [0, 0.1) is 0 Å². The average molecular weight is 500 g/mol. The van der Waals surface area contributed by atoms with Crippen LogP contribution in [0.3, 0.4) is 0 Å². The van der Waals surface area contributed by atoms with Crippen molar-refractivity contribution in [1.82, 2.24) is 0 Å². The minimum atomic E-state index is -5.61. The molecule has 0 atom stereocenters. The first-order valence-electron chi connectivity index (χ1n) is 2.45. The van der Waals surface area contributed by atoms with Gasteiger partial charge in [-0.3, -0.25) is 0 Å². The minimum Gasteiger partial charge on any atom is -0.894 e. The van der Waals surface area contributed by atoms with Crippen LogP contribution < -0.4 is 57.5 Å². The van der Waals surface area contributed by atoms with Crippen molar-refractivity contribution >= 4 is 27.1 Å². The zero-order valence-corrected chi connectivity index (χ0v) is 15.2. The fourth-order valence-corrected chi connectivity index (χ4v) is 0. The maximum Gasteiger partial charge on any atom is 3.00 e. The average Bonchev–Trinajstić information content (AvgIpc) is 1.41. The van der Waals surface area contributed by atoms with Crippen molar-refractivity contribution in [2.24, 2.45) is 0 Å². The predicted octanol–water partition coefficient (Wildman–Crippen LogP) is -15.4. The van der Waals surface area contributed by atoms with Crippen molar-refractivity contribution in [2.45, 2.75) is 0 Å². The first kappa shape index (κ1) is 42.9. The molecule has 4 radical (unpaired) electrons. The Hall–Kier alpha value is 2.25. The second kappa shape index (κ2) is 18.3. The molecule has 0 aromatic rings. The number of rotatable bonds is 0. The van der Waals surface area contributed by atoms with E-state index in [4.69, 9.17) is 57.5 Å². The predicted molar refractivity (Wildman–Crippen MR) is 17.3 cm³/mol. The monoisotopic (exact) mass is 500 g/mol. The van der Waals surface area contributed by atoms with Gasteiger partial charge in [-0.2, -0.15) is 0 Å². The van der Waals surface area contributed by atoms with Crippen molar-refractivity contribution in [3.63, 3.8) is 0 Å². The summed E-state index contributed by atoms with van der Waals surface area (Å²) >= 11 is 0. The Kier molecular flexibility index (Phi) is 41.3. The van der Waals surface area contributed by atoms with Crippen molar-refractivity contribution in [3.8, 4) is 0 Å². The Morgan fingerprint density at radius 3 is 0.263 bits per heavy atom. The smallest absolute Gasteiger partial charge is 0.894 e. The van der Waals surface area contributed by atoms with E-state index in [1.807, 2.05) is 0 Å². The molecule has 0 saturated carbocycles. The molecule has 0 bridgehead atoms. The van der Waals surface area contributed by atoms with Gasteiger partial charge in [0.1, 0.15) is 0 Å². The Balaban J connectivity index is -0.0000000206. The summed E-state index contributed by atoms with van der Waals surface area (Å²) in [5.74, 6) is 0. The van der Waals surface area contributed by atoms with Crippen LogP contribution in [0.5, 0.6) is 0 Å². The Bertz CT molecular complexity index is 100.0. The van der Waals surface area contributed by atoms with E-state index in [2.05, 4.69) is 0 Å². The number of hydrogen-bond donors (Lipinski definition) is 0. The van der Waals surface area contributed by atoms with Gasteiger partial charge < -0.3 is 84.7 Å². The second-order valence-electron chi connectivity index (χ2n) is 1.50. The molecule has 0 N–H and O–H groups in total. The van der Waals surface area contributed by atoms with Crippen LogP contribution in [0.1, 0.15) is 0 Å². The van der Waals surface area contributed by atoms with E-state index in [1.165, 1.54) is 0 Å². The Morgan fingerprint density at radius 2 is 0.263 bits per heavy atom. The van der Waals surface area contributed by atoms with Gasteiger partial charge >= 0.3 is 68.3 Å². The molecular weight excluding hydrogens is 500 g/mol. The van der Waals surface area contributed by atoms with Gasteiger partial charge in [-0.1, -0.05) is 0 Å². The fourth-order valence-electron chi connectivity index (χ4n) is 0. The summed E-state index contributed by atoms with van der Waals surface area (Å²) in [6.45, 7) is 0. The van der Waals surface area contributed by atoms with Crippen molar-refractivity contribution in [1.29, 1.82) is 0 Å². The van der Waals surface area contributed by atoms with Gasteiger partial charge in [-0.15, -0.1) is 0 Å². The van der Waals surface area contributed by atoms with Crippen LogP contribution in [0.2, 0.25) is 0 Å². The summed E-state index contributed by atoms with van der Waals surface area (Å²) in [7, 11) is -16.8. The molecule has 0 aromatic carbocycles. The first-order chi connectivity index (χ1) is 6.00. The summed E-state index contributed by atoms with van der Waals surface area (Å²) in [6.07, 6.45) is 0. The molecule has 0 aliphatic rings. The van der Waals surface area contributed by atoms with E-state index in [-0.39, 0.29) is 68.3 Å². The van der Waals surface area contributed by atoms with Crippen molar-refractivity contribution < 1.29 is 126 Å². The maximum absolute atomic E-state index is 8.58. The molecule has 0 aromatic heterocycles. The summed E-state index contributed by atoms with van der Waals surface area (Å²) in [5.41, 5.74) is 0. The third-order valence-corrected chi connectivity index (χ3v) is 0. The van der Waals surface area contributed by atoms with E-state index >= 15 is 0 Å². The van der Waals surface area contributed by atoms with Gasteiger partial charge in [0, 0.05) is 0 Å². The van der Waals surface area contributed by atoms with Crippen LogP contribution in [-0.4, -0.2) is 27.1 Å². The van der Waals surface area contributed by atoms with Crippen LogP contribution in [0.4, 0.5) is 0 Å². The zero-order chi connectivity index (χ0) is 13.5. The topological polar surface area (TPSA) is 277 Å². The molecule has 0 heterocycles. The van der Waals surface area contributed by atoms with Crippen molar-refractivity contribution in [2.75, 3.05) is 0 Å². The quantitative estimate of drug-likeness (QED) is 0.281. The molecule has 0 amide bonds. The third kappa shape index (κ3) is 1330. The standard InChI is InChI=1S/4Fe.3O4Si/c;;;;3*1-5(2,3)4/q4*+3;3*-4. The largest absolute Gasteiger partial charge is 3.00 e. The summed E-state index contributed by atoms with van der Waals surface area (Å²) in [4.78, 5) is 103. The van der Waals surface area contributed by atoms with Gasteiger partial charge in [0.05, 0.1) is 0 Å². The molecule has 0 saturated heterocycles. The molecule has 0 fully saturated rings. The summed E-state index contributed by atoms with van der Waals surface area (Å²) < 4.78 is 0. The minimum absolute atomic E-state index is 0. The van der Waals surface area contributed by atoms with E-state index in [1.54, 1.807) is 0 Å². The van der Waals surface area contributed by atoms with Gasteiger partial charge in [-0.05, 0) is 0 Å². The van der Waals surface area contributed by atoms with Crippen LogP contribution in [0.25, 0.3) is 0 Å². The maximum atomic E-state index is 8.58. The van der Waals surface area contributed by atoms with E-state index < -0.39 is 27.1 Å². The van der Waals surface area contributed by atoms with Gasteiger partial charge in [0.2, 0.25) is 0 Å². The molecule has 0 spiro atoms. The number of hydrogen-bond acceptors (Lipinski definition) is 12. The van der Waals surface area contributed by atoms with Crippen LogP contribution in [-0.2, 0) is 68.3 Å². The molecule has 0 aliphatic heterocycles. The summed E-state index contributed by atoms with van der Waals surface area (Å²) in [5, 5.41) is 0. The Labute approximate surface area is 152 Å². The molecule has 0 unspecified atom stereocenters. The molecule has 0 aliphatic carbocycles. The van der Waals surface area contributed by atoms with E-state index in [9.17, 15) is 0 Å². The fraction of sp³-hybridized carbons (Fsp3) is 0. The molecule has 19 heteroatoms. The van der Waals surface area contributed by atoms with Crippen LogP contribution in [0.15, 0.2) is 0 Å². The normalized spacial score (nSPS) is 9.47. The summed E-state index contributed by atoms with van der Waals surface area (Å²) in [6, 6.07) is 0. The molecule has 19 heavy (non-hydrogen) atoms. The van der Waals surface area contributed by atoms with Gasteiger partial charge in [0.25, 0.3) is 0 Å². The Morgan fingerprint density at radius 1 is 0.263 bits per heavy atom. The second-order valence-corrected chi connectivity index (χ2v) is 4.50. The zero-order valence-electron chi connectivity index (χ0n) is 7.81. The van der Waals surface area contributed by atoms with Gasteiger partial charge in [0.15, 0.2) is 0 Å². The molecule has 12 nitrogen and oxygen atoms in total. The van der Waals surface area contributed by atoms with E-state index in [0.717, 1.165) is 0 Å². The van der Waals surface area contributed by atoms with Crippen LogP contribution >= 0.6 is 0 Å². The molecule has 116 valence electrons. The molecule has 0 rings (SSSR count). The van der Waals surface area contributed by atoms with E-state index in [0.29, 0.717) is 0 Å². The third-order valence-electron chi connectivity index (χ3n) is 0.